The Balaban J connectivity index is 2.20. The van der Waals surface area contributed by atoms with Gasteiger partial charge in [0.2, 0.25) is 0 Å². The summed E-state index contributed by atoms with van der Waals surface area (Å²) < 4.78 is 0. The second-order valence-electron chi connectivity index (χ2n) is 4.85. The maximum atomic E-state index is 12.5. The molecule has 0 saturated carbocycles. The molecule has 1 aromatic carbocycles. The zero-order chi connectivity index (χ0) is 12.3. The van der Waals surface area contributed by atoms with Crippen LogP contribution < -0.4 is 0 Å². The van der Waals surface area contributed by atoms with Gasteiger partial charge in [0, 0.05) is 5.56 Å². The van der Waals surface area contributed by atoms with E-state index in [4.69, 9.17) is 0 Å². The number of nitrogens with zero attached hydrogens (tertiary/aromatic N) is 1. The monoisotopic (exact) mass is 231 g/mol. The number of ketones is 1. The van der Waals surface area contributed by atoms with E-state index < -0.39 is 0 Å². The summed E-state index contributed by atoms with van der Waals surface area (Å²) in [5.74, 6) is 0.299. The van der Waals surface area contributed by atoms with E-state index in [1.54, 1.807) is 0 Å². The third kappa shape index (κ3) is 2.58. The molecule has 1 heterocycles. The van der Waals surface area contributed by atoms with Gasteiger partial charge in [-0.05, 0) is 44.8 Å². The molecule has 17 heavy (non-hydrogen) atoms. The van der Waals surface area contributed by atoms with Gasteiger partial charge in [0.15, 0.2) is 5.78 Å². The molecular weight excluding hydrogens is 210 g/mol. The number of likely N-dealkylation sites (tertiary alicyclic amines) is 1. The van der Waals surface area contributed by atoms with Crippen LogP contribution in [0.15, 0.2) is 24.3 Å². The van der Waals surface area contributed by atoms with Gasteiger partial charge in [-0.2, -0.15) is 0 Å². The molecule has 1 fully saturated rings. The molecule has 0 radical (unpaired) electrons. The normalized spacial score (nSPS) is 18.2. The van der Waals surface area contributed by atoms with Crippen LogP contribution in [-0.4, -0.2) is 29.8 Å². The van der Waals surface area contributed by atoms with E-state index in [0.29, 0.717) is 5.78 Å². The predicted molar refractivity (Wildman–Crippen MR) is 70.4 cm³/mol. The lowest BCUT2D eigenvalue weighted by atomic mass is 9.97. The van der Waals surface area contributed by atoms with Crippen LogP contribution in [0.1, 0.15) is 42.1 Å². The van der Waals surface area contributed by atoms with Crippen molar-refractivity contribution in [3.63, 3.8) is 0 Å². The Labute approximate surface area is 104 Å². The van der Waals surface area contributed by atoms with E-state index in [1.807, 2.05) is 31.2 Å². The number of rotatable bonds is 4. The van der Waals surface area contributed by atoms with Crippen LogP contribution in [0.25, 0.3) is 0 Å². The summed E-state index contributed by atoms with van der Waals surface area (Å²) >= 11 is 0. The minimum Gasteiger partial charge on any atom is -0.293 e. The Morgan fingerprint density at radius 3 is 2.53 bits per heavy atom. The van der Waals surface area contributed by atoms with Gasteiger partial charge in [-0.3, -0.25) is 9.69 Å². The molecule has 0 unspecified atom stereocenters. The average molecular weight is 231 g/mol. The van der Waals surface area contributed by atoms with Crippen LogP contribution in [0.5, 0.6) is 0 Å². The van der Waals surface area contributed by atoms with E-state index in [2.05, 4.69) is 11.8 Å². The molecule has 2 rings (SSSR count). The van der Waals surface area contributed by atoms with Crippen LogP contribution in [0.2, 0.25) is 0 Å². The molecule has 1 atom stereocenters. The van der Waals surface area contributed by atoms with Crippen LogP contribution in [0.4, 0.5) is 0 Å². The Bertz CT molecular complexity index is 394. The van der Waals surface area contributed by atoms with E-state index >= 15 is 0 Å². The van der Waals surface area contributed by atoms with Crippen LogP contribution >= 0.6 is 0 Å². The molecule has 0 bridgehead atoms. The first-order valence-corrected chi connectivity index (χ1v) is 6.58. The van der Waals surface area contributed by atoms with Gasteiger partial charge in [-0.1, -0.05) is 31.2 Å². The maximum Gasteiger partial charge on any atom is 0.180 e. The molecule has 1 aliphatic rings. The first kappa shape index (κ1) is 12.3. The molecular formula is C15H21NO. The molecule has 0 spiro atoms. The highest BCUT2D eigenvalue weighted by Crippen LogP contribution is 2.19. The lowest BCUT2D eigenvalue weighted by Gasteiger charge is -2.25. The number of aryl methyl sites for hydroxylation is 1. The molecule has 1 aliphatic heterocycles. The molecule has 1 saturated heterocycles. The lowest BCUT2D eigenvalue weighted by molar-refractivity contribution is 0.0843. The quantitative estimate of drug-likeness (QED) is 0.742. The Morgan fingerprint density at radius 1 is 1.29 bits per heavy atom. The first-order valence-electron chi connectivity index (χ1n) is 6.58. The number of hydrogen-bond acceptors (Lipinski definition) is 2. The highest BCUT2D eigenvalue weighted by atomic mass is 16.1. The summed E-state index contributed by atoms with van der Waals surface area (Å²) in [5.41, 5.74) is 1.99. The van der Waals surface area contributed by atoms with Crippen molar-refractivity contribution in [1.82, 2.24) is 4.90 Å². The van der Waals surface area contributed by atoms with Gasteiger partial charge in [0.1, 0.15) is 0 Å². The lowest BCUT2D eigenvalue weighted by Crippen LogP contribution is -2.39. The SMILES string of the molecule is CC[C@H](C(=O)c1ccccc1C)N1CCCC1. The summed E-state index contributed by atoms with van der Waals surface area (Å²) in [6.45, 7) is 6.29. The number of Topliss-reactive ketones (excluding diaryl/α,β-unsaturated/α-hetero) is 1. The highest BCUT2D eigenvalue weighted by molar-refractivity contribution is 6.01. The van der Waals surface area contributed by atoms with E-state index in [0.717, 1.165) is 30.6 Å². The van der Waals surface area contributed by atoms with Crippen molar-refractivity contribution >= 4 is 5.78 Å². The van der Waals surface area contributed by atoms with Crippen molar-refractivity contribution in [3.05, 3.63) is 35.4 Å². The van der Waals surface area contributed by atoms with Gasteiger partial charge < -0.3 is 0 Å². The number of carbonyl (C=O) groups is 1. The molecule has 0 aliphatic carbocycles. The zero-order valence-corrected chi connectivity index (χ0v) is 10.8. The largest absolute Gasteiger partial charge is 0.293 e. The summed E-state index contributed by atoms with van der Waals surface area (Å²) in [6.07, 6.45) is 3.38. The molecule has 92 valence electrons. The minimum atomic E-state index is 0.0820. The van der Waals surface area contributed by atoms with Crippen molar-refractivity contribution < 1.29 is 4.79 Å². The third-order valence-electron chi connectivity index (χ3n) is 3.68. The van der Waals surface area contributed by atoms with Gasteiger partial charge in [-0.15, -0.1) is 0 Å². The summed E-state index contributed by atoms with van der Waals surface area (Å²) in [5, 5.41) is 0. The smallest absolute Gasteiger partial charge is 0.180 e. The van der Waals surface area contributed by atoms with Gasteiger partial charge in [0.25, 0.3) is 0 Å². The fourth-order valence-corrected chi connectivity index (χ4v) is 2.69. The summed E-state index contributed by atoms with van der Waals surface area (Å²) in [4.78, 5) is 14.9. The minimum absolute atomic E-state index is 0.0820. The number of hydrogen-bond donors (Lipinski definition) is 0. The van der Waals surface area contributed by atoms with Gasteiger partial charge in [-0.25, -0.2) is 0 Å². The maximum absolute atomic E-state index is 12.5. The standard InChI is InChI=1S/C15H21NO/c1-3-14(16-10-6-7-11-16)15(17)13-9-5-4-8-12(13)2/h4-5,8-9,14H,3,6-7,10-11H2,1-2H3/t14-/m1/s1. The number of carbonyl (C=O) groups excluding carboxylic acids is 1. The molecule has 0 aromatic heterocycles. The number of benzene rings is 1. The second kappa shape index (κ2) is 5.46. The van der Waals surface area contributed by atoms with Crippen molar-refractivity contribution in [2.24, 2.45) is 0 Å². The van der Waals surface area contributed by atoms with E-state index in [9.17, 15) is 4.79 Å². The van der Waals surface area contributed by atoms with Crippen LogP contribution in [-0.2, 0) is 0 Å². The van der Waals surface area contributed by atoms with Gasteiger partial charge in [0.05, 0.1) is 6.04 Å². The molecule has 0 N–H and O–H groups in total. The molecule has 1 aromatic rings. The van der Waals surface area contributed by atoms with Gasteiger partial charge >= 0.3 is 0 Å². The zero-order valence-electron chi connectivity index (χ0n) is 10.8. The van der Waals surface area contributed by atoms with Crippen molar-refractivity contribution in [3.8, 4) is 0 Å². The van der Waals surface area contributed by atoms with E-state index in [-0.39, 0.29) is 6.04 Å². The molecule has 0 amide bonds. The fourth-order valence-electron chi connectivity index (χ4n) is 2.69. The highest BCUT2D eigenvalue weighted by Gasteiger charge is 2.27. The summed E-state index contributed by atoms with van der Waals surface area (Å²) in [6, 6.07) is 8.00. The van der Waals surface area contributed by atoms with Crippen molar-refractivity contribution in [2.75, 3.05) is 13.1 Å². The van der Waals surface area contributed by atoms with E-state index in [1.165, 1.54) is 12.8 Å². The fraction of sp³-hybridized carbons (Fsp3) is 0.533. The molecule has 2 heteroatoms. The first-order chi connectivity index (χ1) is 8.24. The Hall–Kier alpha value is -1.15. The second-order valence-corrected chi connectivity index (χ2v) is 4.85. The average Bonchev–Trinajstić information content (AvgIpc) is 2.84. The molecule has 2 nitrogen and oxygen atoms in total. The Morgan fingerprint density at radius 2 is 1.94 bits per heavy atom. The van der Waals surface area contributed by atoms with Crippen LogP contribution in [0, 0.1) is 6.92 Å². The topological polar surface area (TPSA) is 20.3 Å². The Kier molecular flexibility index (Phi) is 3.95. The van der Waals surface area contributed by atoms with Crippen molar-refractivity contribution in [2.45, 2.75) is 39.2 Å². The third-order valence-corrected chi connectivity index (χ3v) is 3.68. The van der Waals surface area contributed by atoms with Crippen LogP contribution in [0.3, 0.4) is 0 Å². The predicted octanol–water partition coefficient (Wildman–Crippen LogP) is 3.05. The van der Waals surface area contributed by atoms with Crippen molar-refractivity contribution in [1.29, 1.82) is 0 Å². The summed E-state index contributed by atoms with van der Waals surface area (Å²) in [7, 11) is 0.